The summed E-state index contributed by atoms with van der Waals surface area (Å²) in [7, 11) is 0. The first-order valence-electron chi connectivity index (χ1n) is 9.72. The monoisotopic (exact) mass is 545 g/mol. The van der Waals surface area contributed by atoms with Crippen molar-refractivity contribution in [3.8, 4) is 0 Å². The standard InChI is InChI=1S/C23H20IN3O3S/c1-14(15-5-3-2-4-6-15)20(21(28)25-18-9-7-17(24)8-10-18)27-22(29)19(26-23(27)30)16-11-12-31-13-16/h2-14,19-20H,1H3,(H,25,28)(H,26,30)/t14-,19+,20-/m0/s1. The molecular formula is C23H20IN3O3S. The van der Waals surface area contributed by atoms with Crippen LogP contribution in [0.2, 0.25) is 0 Å². The predicted octanol–water partition coefficient (Wildman–Crippen LogP) is 4.76. The Hall–Kier alpha value is -2.72. The normalized spacial score (nSPS) is 17.9. The number of halogens is 1. The number of rotatable bonds is 6. The molecule has 2 heterocycles. The van der Waals surface area contributed by atoms with E-state index in [1.54, 1.807) is 18.2 Å². The lowest BCUT2D eigenvalue weighted by Gasteiger charge is -2.30. The van der Waals surface area contributed by atoms with Crippen molar-refractivity contribution in [3.63, 3.8) is 0 Å². The van der Waals surface area contributed by atoms with E-state index < -0.39 is 35.8 Å². The summed E-state index contributed by atoms with van der Waals surface area (Å²) in [6, 6.07) is 16.2. The molecule has 0 radical (unpaired) electrons. The van der Waals surface area contributed by atoms with Gasteiger partial charge < -0.3 is 10.6 Å². The zero-order chi connectivity index (χ0) is 22.0. The molecule has 1 aromatic heterocycles. The summed E-state index contributed by atoms with van der Waals surface area (Å²) >= 11 is 3.64. The zero-order valence-corrected chi connectivity index (χ0v) is 19.6. The molecule has 0 unspecified atom stereocenters. The molecule has 0 aliphatic carbocycles. The summed E-state index contributed by atoms with van der Waals surface area (Å²) in [6.45, 7) is 1.85. The quantitative estimate of drug-likeness (QED) is 0.347. The molecular weight excluding hydrogens is 525 g/mol. The summed E-state index contributed by atoms with van der Waals surface area (Å²) in [5, 5.41) is 9.28. The summed E-state index contributed by atoms with van der Waals surface area (Å²) < 4.78 is 1.04. The number of carbonyl (C=O) groups excluding carboxylic acids is 3. The second kappa shape index (κ2) is 9.19. The fraction of sp³-hybridized carbons (Fsp3) is 0.174. The van der Waals surface area contributed by atoms with Gasteiger partial charge in [-0.3, -0.25) is 9.59 Å². The lowest BCUT2D eigenvalue weighted by atomic mass is 9.91. The molecule has 3 atom stereocenters. The van der Waals surface area contributed by atoms with Crippen molar-refractivity contribution in [2.75, 3.05) is 5.32 Å². The minimum absolute atomic E-state index is 0.402. The number of anilines is 1. The van der Waals surface area contributed by atoms with Gasteiger partial charge in [0.1, 0.15) is 12.1 Å². The number of imide groups is 1. The Balaban J connectivity index is 1.68. The molecule has 1 fully saturated rings. The summed E-state index contributed by atoms with van der Waals surface area (Å²) in [5.41, 5.74) is 2.19. The Morgan fingerprint density at radius 3 is 2.45 bits per heavy atom. The van der Waals surface area contributed by atoms with Crippen molar-refractivity contribution in [1.29, 1.82) is 0 Å². The maximum absolute atomic E-state index is 13.4. The van der Waals surface area contributed by atoms with Crippen LogP contribution in [0, 0.1) is 3.57 Å². The molecule has 2 N–H and O–H groups in total. The highest BCUT2D eigenvalue weighted by Crippen LogP contribution is 2.31. The largest absolute Gasteiger partial charge is 0.325 e. The topological polar surface area (TPSA) is 78.5 Å². The minimum Gasteiger partial charge on any atom is -0.324 e. The van der Waals surface area contributed by atoms with Crippen molar-refractivity contribution in [1.82, 2.24) is 10.2 Å². The van der Waals surface area contributed by atoms with Gasteiger partial charge in [0.05, 0.1) is 0 Å². The maximum atomic E-state index is 13.4. The molecule has 158 valence electrons. The van der Waals surface area contributed by atoms with E-state index in [4.69, 9.17) is 0 Å². The van der Waals surface area contributed by atoms with Crippen LogP contribution in [0.3, 0.4) is 0 Å². The van der Waals surface area contributed by atoms with E-state index in [2.05, 4.69) is 33.2 Å². The van der Waals surface area contributed by atoms with Gasteiger partial charge in [0, 0.05) is 15.2 Å². The van der Waals surface area contributed by atoms with Gasteiger partial charge in [-0.2, -0.15) is 11.3 Å². The Morgan fingerprint density at radius 2 is 1.81 bits per heavy atom. The second-order valence-electron chi connectivity index (χ2n) is 7.29. The number of thiophene rings is 1. The van der Waals surface area contributed by atoms with Crippen LogP contribution >= 0.6 is 33.9 Å². The molecule has 0 saturated carbocycles. The average Bonchev–Trinajstić information content (AvgIpc) is 3.40. The van der Waals surface area contributed by atoms with Crippen molar-refractivity contribution >= 4 is 57.5 Å². The Bertz CT molecular complexity index is 1090. The molecule has 0 bridgehead atoms. The summed E-state index contributed by atoms with van der Waals surface area (Å²) in [4.78, 5) is 40.6. The highest BCUT2D eigenvalue weighted by atomic mass is 127. The average molecular weight is 545 g/mol. The minimum atomic E-state index is -1.00. The third-order valence-electron chi connectivity index (χ3n) is 5.31. The predicted molar refractivity (Wildman–Crippen MR) is 129 cm³/mol. The summed E-state index contributed by atoms with van der Waals surface area (Å²) in [6.07, 6.45) is 0. The lowest BCUT2D eigenvalue weighted by molar-refractivity contribution is -0.134. The molecule has 2 aromatic carbocycles. The van der Waals surface area contributed by atoms with Gasteiger partial charge in [-0.25, -0.2) is 9.69 Å². The third-order valence-corrected chi connectivity index (χ3v) is 6.73. The van der Waals surface area contributed by atoms with Crippen LogP contribution in [0.25, 0.3) is 0 Å². The molecule has 1 saturated heterocycles. The van der Waals surface area contributed by atoms with Gasteiger partial charge in [0.2, 0.25) is 5.91 Å². The number of hydrogen-bond donors (Lipinski definition) is 2. The number of carbonyl (C=O) groups is 3. The first kappa shape index (κ1) is 21.5. The van der Waals surface area contributed by atoms with Gasteiger partial charge in [0.15, 0.2) is 0 Å². The van der Waals surface area contributed by atoms with Gasteiger partial charge in [-0.15, -0.1) is 0 Å². The van der Waals surface area contributed by atoms with Gasteiger partial charge in [0.25, 0.3) is 5.91 Å². The molecule has 0 spiro atoms. The van der Waals surface area contributed by atoms with Crippen molar-refractivity contribution in [2.45, 2.75) is 24.9 Å². The molecule has 31 heavy (non-hydrogen) atoms. The van der Waals surface area contributed by atoms with E-state index >= 15 is 0 Å². The van der Waals surface area contributed by atoms with Gasteiger partial charge in [-0.05, 0) is 74.8 Å². The number of nitrogens with one attached hydrogen (secondary N) is 2. The van der Waals surface area contributed by atoms with Crippen molar-refractivity contribution < 1.29 is 14.4 Å². The van der Waals surface area contributed by atoms with Crippen molar-refractivity contribution in [2.24, 2.45) is 0 Å². The van der Waals surface area contributed by atoms with Crippen LogP contribution in [0.15, 0.2) is 71.4 Å². The van der Waals surface area contributed by atoms with Crippen LogP contribution in [0.1, 0.15) is 30.0 Å². The number of benzene rings is 2. The molecule has 4 amide bonds. The van der Waals surface area contributed by atoms with Gasteiger partial charge in [-0.1, -0.05) is 37.3 Å². The SMILES string of the molecule is C[C@@H](c1ccccc1)[C@@H](C(=O)Nc1ccc(I)cc1)N1C(=O)N[C@H](c2ccsc2)C1=O. The van der Waals surface area contributed by atoms with Crippen LogP contribution in [-0.4, -0.2) is 28.8 Å². The number of hydrogen-bond acceptors (Lipinski definition) is 4. The van der Waals surface area contributed by atoms with E-state index in [9.17, 15) is 14.4 Å². The van der Waals surface area contributed by atoms with E-state index in [1.165, 1.54) is 11.3 Å². The first-order chi connectivity index (χ1) is 15.0. The Kier molecular flexibility index (Phi) is 6.38. The zero-order valence-electron chi connectivity index (χ0n) is 16.6. The molecule has 1 aliphatic heterocycles. The molecule has 8 heteroatoms. The molecule has 4 rings (SSSR count). The third kappa shape index (κ3) is 4.49. The van der Waals surface area contributed by atoms with E-state index in [1.807, 2.05) is 60.1 Å². The second-order valence-corrected chi connectivity index (χ2v) is 9.31. The van der Waals surface area contributed by atoms with E-state index in [-0.39, 0.29) is 0 Å². The highest BCUT2D eigenvalue weighted by molar-refractivity contribution is 14.1. The smallest absolute Gasteiger partial charge is 0.324 e. The highest BCUT2D eigenvalue weighted by Gasteiger charge is 2.47. The fourth-order valence-electron chi connectivity index (χ4n) is 3.68. The van der Waals surface area contributed by atoms with E-state index in [0.717, 1.165) is 19.6 Å². The molecule has 3 aromatic rings. The molecule has 6 nitrogen and oxygen atoms in total. The first-order valence-corrected chi connectivity index (χ1v) is 11.7. The van der Waals surface area contributed by atoms with Crippen LogP contribution in [0.5, 0.6) is 0 Å². The molecule has 1 aliphatic rings. The van der Waals surface area contributed by atoms with Crippen LogP contribution in [0.4, 0.5) is 10.5 Å². The van der Waals surface area contributed by atoms with E-state index in [0.29, 0.717) is 5.69 Å². The fourth-order valence-corrected chi connectivity index (χ4v) is 4.72. The number of amides is 4. The lowest BCUT2D eigenvalue weighted by Crippen LogP contribution is -2.50. The van der Waals surface area contributed by atoms with Crippen LogP contribution < -0.4 is 10.6 Å². The number of urea groups is 1. The maximum Gasteiger partial charge on any atom is 0.325 e. The Morgan fingerprint density at radius 1 is 1.10 bits per heavy atom. The summed E-state index contributed by atoms with van der Waals surface area (Å²) in [5.74, 6) is -1.23. The van der Waals surface area contributed by atoms with Crippen molar-refractivity contribution in [3.05, 3.63) is 86.1 Å². The number of nitrogens with zero attached hydrogens (tertiary/aromatic N) is 1. The Labute approximate surface area is 197 Å². The van der Waals surface area contributed by atoms with Crippen LogP contribution in [-0.2, 0) is 9.59 Å². The van der Waals surface area contributed by atoms with Gasteiger partial charge >= 0.3 is 6.03 Å².